The van der Waals surface area contributed by atoms with E-state index in [4.69, 9.17) is 4.74 Å². The van der Waals surface area contributed by atoms with Gasteiger partial charge in [-0.2, -0.15) is 0 Å². The molecule has 1 N–H and O–H groups in total. The second kappa shape index (κ2) is 11.6. The van der Waals surface area contributed by atoms with Gasteiger partial charge in [-0.3, -0.25) is 4.79 Å². The zero-order chi connectivity index (χ0) is 24.6. The van der Waals surface area contributed by atoms with Crippen molar-refractivity contribution in [2.24, 2.45) is 5.92 Å². The van der Waals surface area contributed by atoms with E-state index in [0.717, 1.165) is 36.0 Å². The van der Waals surface area contributed by atoms with Crippen LogP contribution in [0, 0.1) is 5.92 Å². The van der Waals surface area contributed by atoms with Crippen LogP contribution in [0.3, 0.4) is 0 Å². The van der Waals surface area contributed by atoms with E-state index in [1.807, 2.05) is 81.4 Å². The van der Waals surface area contributed by atoms with Gasteiger partial charge in [-0.15, -0.1) is 0 Å². The van der Waals surface area contributed by atoms with E-state index in [9.17, 15) is 14.7 Å². The Morgan fingerprint density at radius 3 is 2.12 bits per heavy atom. The van der Waals surface area contributed by atoms with Crippen molar-refractivity contribution in [2.45, 2.75) is 58.5 Å². The Bertz CT molecular complexity index is 1080. The summed E-state index contributed by atoms with van der Waals surface area (Å²) in [5, 5.41) is 9.64. The minimum atomic E-state index is -0.719. The number of carboxylic acid groups (broad SMARTS) is 1. The summed E-state index contributed by atoms with van der Waals surface area (Å²) < 4.78 is 5.47. The highest BCUT2D eigenvalue weighted by Gasteiger charge is 2.19. The van der Waals surface area contributed by atoms with E-state index >= 15 is 0 Å². The summed E-state index contributed by atoms with van der Waals surface area (Å²) in [5.74, 6) is -1.39. The average molecular weight is 459 g/mol. The standard InChI is InChI=1S/C30H34O4/c1-30(2,3)34-29(33)27-14-8-13-26(21-27)24-18-15-23(16-19-24)17-20-25(28(31)32)12-7-11-22-9-5-4-6-10-22/h4-6,8-10,13-16,18-19,21,25H,7,11-12,17,20H2,1-3H3,(H,31,32). The monoisotopic (exact) mass is 458 g/mol. The van der Waals surface area contributed by atoms with Gasteiger partial charge < -0.3 is 9.84 Å². The third-order valence-corrected chi connectivity index (χ3v) is 5.78. The minimum absolute atomic E-state index is 0.335. The smallest absolute Gasteiger partial charge is 0.338 e. The predicted molar refractivity (Wildman–Crippen MR) is 136 cm³/mol. The SMILES string of the molecule is CC(C)(C)OC(=O)c1cccc(-c2ccc(CCC(CCCc3ccccc3)C(=O)O)cc2)c1. The molecule has 0 radical (unpaired) electrons. The zero-order valence-corrected chi connectivity index (χ0v) is 20.3. The van der Waals surface area contributed by atoms with E-state index < -0.39 is 11.6 Å². The minimum Gasteiger partial charge on any atom is -0.481 e. The van der Waals surface area contributed by atoms with Crippen LogP contribution in [0.4, 0.5) is 0 Å². The lowest BCUT2D eigenvalue weighted by atomic mass is 9.93. The van der Waals surface area contributed by atoms with Gasteiger partial charge in [0.1, 0.15) is 5.60 Å². The van der Waals surface area contributed by atoms with Gasteiger partial charge in [0.2, 0.25) is 0 Å². The molecule has 3 aromatic carbocycles. The molecule has 0 saturated heterocycles. The molecule has 1 atom stereocenters. The highest BCUT2D eigenvalue weighted by molar-refractivity contribution is 5.91. The molecule has 0 aromatic heterocycles. The number of carbonyl (C=O) groups is 2. The topological polar surface area (TPSA) is 63.6 Å². The number of esters is 1. The molecule has 3 aromatic rings. The molecule has 0 heterocycles. The maximum Gasteiger partial charge on any atom is 0.338 e. The molecule has 34 heavy (non-hydrogen) atoms. The zero-order valence-electron chi connectivity index (χ0n) is 20.3. The molecule has 0 amide bonds. The van der Waals surface area contributed by atoms with Crippen LogP contribution < -0.4 is 0 Å². The Morgan fingerprint density at radius 2 is 1.47 bits per heavy atom. The lowest BCUT2D eigenvalue weighted by Gasteiger charge is -2.19. The van der Waals surface area contributed by atoms with Crippen LogP contribution in [0.5, 0.6) is 0 Å². The Hall–Kier alpha value is -3.40. The fourth-order valence-electron chi connectivity index (χ4n) is 3.96. The van der Waals surface area contributed by atoms with Gasteiger partial charge in [-0.25, -0.2) is 4.79 Å². The molecule has 0 saturated carbocycles. The molecule has 0 aliphatic rings. The van der Waals surface area contributed by atoms with Crippen LogP contribution in [0.1, 0.15) is 61.5 Å². The maximum atomic E-state index is 12.4. The van der Waals surface area contributed by atoms with Gasteiger partial charge in [0.05, 0.1) is 11.5 Å². The highest BCUT2D eigenvalue weighted by Crippen LogP contribution is 2.24. The summed E-state index contributed by atoms with van der Waals surface area (Å²) in [7, 11) is 0. The normalized spacial score (nSPS) is 12.2. The number of aliphatic carboxylic acids is 1. The largest absolute Gasteiger partial charge is 0.481 e. The molecule has 0 fully saturated rings. The van der Waals surface area contributed by atoms with Crippen molar-refractivity contribution in [3.8, 4) is 11.1 Å². The second-order valence-corrected chi connectivity index (χ2v) is 9.73. The summed E-state index contributed by atoms with van der Waals surface area (Å²) >= 11 is 0. The van der Waals surface area contributed by atoms with Gasteiger partial charge in [0.15, 0.2) is 0 Å². The van der Waals surface area contributed by atoms with Crippen LogP contribution in [-0.2, 0) is 22.4 Å². The molecule has 0 aliphatic heterocycles. The maximum absolute atomic E-state index is 12.4. The first kappa shape index (κ1) is 25.2. The van der Waals surface area contributed by atoms with Crippen molar-refractivity contribution in [1.29, 1.82) is 0 Å². The predicted octanol–water partition coefficient (Wildman–Crippen LogP) is 6.97. The second-order valence-electron chi connectivity index (χ2n) is 9.73. The van der Waals surface area contributed by atoms with Crippen LogP contribution >= 0.6 is 0 Å². The first-order valence-corrected chi connectivity index (χ1v) is 11.9. The number of hydrogen-bond donors (Lipinski definition) is 1. The third kappa shape index (κ3) is 7.87. The fourth-order valence-corrected chi connectivity index (χ4v) is 3.96. The molecular formula is C30H34O4. The van der Waals surface area contributed by atoms with Crippen LogP contribution in [0.15, 0.2) is 78.9 Å². The van der Waals surface area contributed by atoms with Crippen molar-refractivity contribution >= 4 is 11.9 Å². The van der Waals surface area contributed by atoms with Crippen LogP contribution in [0.25, 0.3) is 11.1 Å². The Labute approximate surface area is 202 Å². The summed E-state index contributed by atoms with van der Waals surface area (Å²) in [6, 6.07) is 25.7. The Kier molecular flexibility index (Phi) is 8.64. The van der Waals surface area contributed by atoms with E-state index in [2.05, 4.69) is 12.1 Å². The molecule has 4 nitrogen and oxygen atoms in total. The fraction of sp³-hybridized carbons (Fsp3) is 0.333. The molecule has 0 spiro atoms. The first-order chi connectivity index (χ1) is 16.2. The lowest BCUT2D eigenvalue weighted by molar-refractivity contribution is -0.142. The number of ether oxygens (including phenoxy) is 1. The Balaban J connectivity index is 1.57. The molecule has 0 aliphatic carbocycles. The number of rotatable bonds is 10. The molecular weight excluding hydrogens is 424 g/mol. The van der Waals surface area contributed by atoms with Gasteiger partial charge >= 0.3 is 11.9 Å². The van der Waals surface area contributed by atoms with Crippen LogP contribution in [-0.4, -0.2) is 22.6 Å². The third-order valence-electron chi connectivity index (χ3n) is 5.78. The van der Waals surface area contributed by atoms with E-state index in [-0.39, 0.29) is 11.9 Å². The molecule has 178 valence electrons. The van der Waals surface area contributed by atoms with E-state index in [0.29, 0.717) is 18.4 Å². The van der Waals surface area contributed by atoms with E-state index in [1.54, 1.807) is 6.07 Å². The quantitative estimate of drug-likeness (QED) is 0.333. The highest BCUT2D eigenvalue weighted by atomic mass is 16.6. The number of benzene rings is 3. The number of hydrogen-bond acceptors (Lipinski definition) is 3. The van der Waals surface area contributed by atoms with Gasteiger partial charge in [0.25, 0.3) is 0 Å². The molecule has 4 heteroatoms. The van der Waals surface area contributed by atoms with Crippen molar-refractivity contribution < 1.29 is 19.4 Å². The summed E-state index contributed by atoms with van der Waals surface area (Å²) in [6.45, 7) is 5.56. The van der Waals surface area contributed by atoms with Gasteiger partial charge in [0, 0.05) is 0 Å². The summed E-state index contributed by atoms with van der Waals surface area (Å²) in [5.41, 5.74) is 4.30. The van der Waals surface area contributed by atoms with Crippen molar-refractivity contribution in [3.63, 3.8) is 0 Å². The van der Waals surface area contributed by atoms with Gasteiger partial charge in [-0.1, -0.05) is 66.7 Å². The van der Waals surface area contributed by atoms with Gasteiger partial charge in [-0.05, 0) is 87.3 Å². The van der Waals surface area contributed by atoms with Crippen LogP contribution in [0.2, 0.25) is 0 Å². The summed E-state index contributed by atoms with van der Waals surface area (Å²) in [6.07, 6.45) is 3.80. The summed E-state index contributed by atoms with van der Waals surface area (Å²) in [4.78, 5) is 24.1. The van der Waals surface area contributed by atoms with E-state index in [1.165, 1.54) is 5.56 Å². The molecule has 1 unspecified atom stereocenters. The van der Waals surface area contributed by atoms with Crippen molar-refractivity contribution in [1.82, 2.24) is 0 Å². The molecule has 3 rings (SSSR count). The first-order valence-electron chi connectivity index (χ1n) is 11.9. The van der Waals surface area contributed by atoms with Crippen molar-refractivity contribution in [2.75, 3.05) is 0 Å². The number of carboxylic acids is 1. The lowest BCUT2D eigenvalue weighted by Crippen LogP contribution is -2.23. The number of aryl methyl sites for hydroxylation is 2. The Morgan fingerprint density at radius 1 is 0.794 bits per heavy atom. The average Bonchev–Trinajstić information content (AvgIpc) is 2.81. The molecule has 0 bridgehead atoms. The number of carbonyl (C=O) groups excluding carboxylic acids is 1. The van der Waals surface area contributed by atoms with Crippen molar-refractivity contribution in [3.05, 3.63) is 95.6 Å².